The summed E-state index contributed by atoms with van der Waals surface area (Å²) in [6.45, 7) is 0.765. The number of carbonyl (C=O) groups is 1. The molecule has 1 saturated heterocycles. The smallest absolute Gasteiger partial charge is 0.231 e. The van der Waals surface area contributed by atoms with Crippen LogP contribution in [0.15, 0.2) is 30.5 Å². The first-order valence-corrected chi connectivity index (χ1v) is 8.62. The van der Waals surface area contributed by atoms with Crippen molar-refractivity contribution in [1.29, 1.82) is 0 Å². The molecule has 3 aromatic rings. The minimum Gasteiger partial charge on any atom is -0.377 e. The lowest BCUT2D eigenvalue weighted by Gasteiger charge is -2.07. The number of rotatable bonds is 3. The third-order valence-corrected chi connectivity index (χ3v) is 5.22. The van der Waals surface area contributed by atoms with Crippen LogP contribution in [0, 0.1) is 11.8 Å². The largest absolute Gasteiger partial charge is 0.377 e. The number of fused-ring (bicyclic) bond motifs is 2. The van der Waals surface area contributed by atoms with Crippen molar-refractivity contribution in [2.45, 2.75) is 18.9 Å². The molecule has 3 atom stereocenters. The van der Waals surface area contributed by atoms with Crippen molar-refractivity contribution in [3.8, 4) is 11.4 Å². The van der Waals surface area contributed by atoms with Gasteiger partial charge in [-0.25, -0.2) is 4.98 Å². The molecule has 0 spiro atoms. The number of aryl methyl sites for hydroxylation is 1. The average molecular weight is 337 g/mol. The molecule has 0 radical (unpaired) electrons. The Hall–Kier alpha value is -2.67. The predicted molar refractivity (Wildman–Crippen MR) is 92.9 cm³/mol. The maximum absolute atomic E-state index is 12.7. The van der Waals surface area contributed by atoms with Crippen molar-refractivity contribution in [1.82, 2.24) is 19.7 Å². The molecule has 2 fully saturated rings. The summed E-state index contributed by atoms with van der Waals surface area (Å²) in [4.78, 5) is 20.6. The third kappa shape index (κ3) is 2.34. The number of para-hydroxylation sites is 2. The van der Waals surface area contributed by atoms with Gasteiger partial charge in [-0.15, -0.1) is 0 Å². The lowest BCUT2D eigenvalue weighted by molar-refractivity contribution is -0.118. The topological polar surface area (TPSA) is 84.8 Å². The zero-order valence-corrected chi connectivity index (χ0v) is 13.9. The van der Waals surface area contributed by atoms with E-state index in [1.165, 1.54) is 0 Å². The van der Waals surface area contributed by atoms with Gasteiger partial charge < -0.3 is 15.0 Å². The first-order chi connectivity index (χ1) is 12.2. The average Bonchev–Trinajstić information content (AvgIpc) is 3.03. The SMILES string of the molecule is Cn1ncc(-c2nc3ccccc3[nH]2)c1NC(=O)[C@@H]1[C@H]2CCCO[C@H]21. The van der Waals surface area contributed by atoms with Gasteiger partial charge in [0.15, 0.2) is 0 Å². The van der Waals surface area contributed by atoms with Crippen LogP contribution >= 0.6 is 0 Å². The van der Waals surface area contributed by atoms with Crippen LogP contribution in [0.3, 0.4) is 0 Å². The maximum Gasteiger partial charge on any atom is 0.231 e. The van der Waals surface area contributed by atoms with E-state index in [1.54, 1.807) is 10.9 Å². The van der Waals surface area contributed by atoms with Crippen LogP contribution < -0.4 is 5.32 Å². The van der Waals surface area contributed by atoms with Crippen LogP contribution in [-0.4, -0.2) is 38.4 Å². The van der Waals surface area contributed by atoms with Crippen molar-refractivity contribution >= 4 is 22.8 Å². The summed E-state index contributed by atoms with van der Waals surface area (Å²) in [5.41, 5.74) is 2.64. The van der Waals surface area contributed by atoms with E-state index in [0.717, 1.165) is 36.0 Å². The number of H-pyrrole nitrogens is 1. The summed E-state index contributed by atoms with van der Waals surface area (Å²) in [6.07, 6.45) is 3.94. The highest BCUT2D eigenvalue weighted by Gasteiger charge is 2.56. The quantitative estimate of drug-likeness (QED) is 0.768. The van der Waals surface area contributed by atoms with E-state index in [1.807, 2.05) is 31.3 Å². The third-order valence-electron chi connectivity index (χ3n) is 5.22. The van der Waals surface area contributed by atoms with Gasteiger partial charge in [-0.1, -0.05) is 12.1 Å². The molecule has 1 aliphatic carbocycles. The summed E-state index contributed by atoms with van der Waals surface area (Å²) in [7, 11) is 1.82. The van der Waals surface area contributed by atoms with Crippen LogP contribution in [0.5, 0.6) is 0 Å². The Kier molecular flexibility index (Phi) is 3.18. The van der Waals surface area contributed by atoms with Crippen molar-refractivity contribution in [3.63, 3.8) is 0 Å². The molecule has 3 heterocycles. The van der Waals surface area contributed by atoms with Gasteiger partial charge >= 0.3 is 0 Å². The number of nitrogens with zero attached hydrogens (tertiary/aromatic N) is 3. The summed E-state index contributed by atoms with van der Waals surface area (Å²) < 4.78 is 7.36. The molecule has 1 amide bonds. The summed E-state index contributed by atoms with van der Waals surface area (Å²) in [5, 5.41) is 7.34. The van der Waals surface area contributed by atoms with E-state index in [-0.39, 0.29) is 17.9 Å². The monoisotopic (exact) mass is 337 g/mol. The molecule has 2 aromatic heterocycles. The lowest BCUT2D eigenvalue weighted by atomic mass is 10.2. The van der Waals surface area contributed by atoms with Gasteiger partial charge in [0.1, 0.15) is 11.6 Å². The van der Waals surface area contributed by atoms with Crippen molar-refractivity contribution in [2.24, 2.45) is 18.9 Å². The van der Waals surface area contributed by atoms with Gasteiger partial charge in [0.25, 0.3) is 0 Å². The fourth-order valence-corrected chi connectivity index (χ4v) is 3.83. The molecule has 0 unspecified atom stereocenters. The van der Waals surface area contributed by atoms with E-state index >= 15 is 0 Å². The molecular weight excluding hydrogens is 318 g/mol. The minimum atomic E-state index is -0.0408. The molecule has 128 valence electrons. The normalized spacial score (nSPS) is 24.9. The number of hydrogen-bond donors (Lipinski definition) is 2. The Bertz CT molecular complexity index is 914. The fourth-order valence-electron chi connectivity index (χ4n) is 3.83. The molecule has 7 nitrogen and oxygen atoms in total. The number of aromatic amines is 1. The van der Waals surface area contributed by atoms with Crippen molar-refractivity contribution < 1.29 is 9.53 Å². The highest BCUT2D eigenvalue weighted by molar-refractivity contribution is 5.97. The molecule has 1 aromatic carbocycles. The number of anilines is 1. The molecule has 1 saturated carbocycles. The molecule has 0 bridgehead atoms. The summed E-state index contributed by atoms with van der Waals surface area (Å²) in [5.74, 6) is 1.71. The number of benzene rings is 1. The second-order valence-corrected chi connectivity index (χ2v) is 6.79. The van der Waals surface area contributed by atoms with E-state index in [9.17, 15) is 4.79 Å². The Labute approximate surface area is 144 Å². The van der Waals surface area contributed by atoms with E-state index in [0.29, 0.717) is 17.6 Å². The second-order valence-electron chi connectivity index (χ2n) is 6.79. The predicted octanol–water partition coefficient (Wildman–Crippen LogP) is 2.33. The molecular formula is C18H19N5O2. The molecule has 1 aliphatic heterocycles. The number of aromatic nitrogens is 4. The fraction of sp³-hybridized carbons (Fsp3) is 0.389. The van der Waals surface area contributed by atoms with Gasteiger partial charge in [0, 0.05) is 19.6 Å². The first kappa shape index (κ1) is 14.7. The van der Waals surface area contributed by atoms with Gasteiger partial charge in [-0.3, -0.25) is 9.48 Å². The first-order valence-electron chi connectivity index (χ1n) is 8.62. The van der Waals surface area contributed by atoms with Gasteiger partial charge in [0.05, 0.1) is 34.8 Å². The number of ether oxygens (including phenoxy) is 1. The minimum absolute atomic E-state index is 0.0119. The standard InChI is InChI=1S/C18H19N5O2/c1-23-17(22-18(24)14-10-5-4-8-25-15(10)14)11(9-19-23)16-20-12-6-2-3-7-13(12)21-16/h2-3,6-7,9-10,14-15H,4-5,8H2,1H3,(H,20,21)(H,22,24)/t10-,14-,15-/m1/s1. The summed E-state index contributed by atoms with van der Waals surface area (Å²) in [6, 6.07) is 7.85. The molecule has 5 rings (SSSR count). The highest BCUT2D eigenvalue weighted by Crippen LogP contribution is 2.48. The maximum atomic E-state index is 12.7. The van der Waals surface area contributed by atoms with E-state index in [2.05, 4.69) is 20.4 Å². The van der Waals surface area contributed by atoms with E-state index in [4.69, 9.17) is 4.74 Å². The molecule has 2 N–H and O–H groups in total. The number of amides is 1. The Morgan fingerprint density at radius 2 is 2.28 bits per heavy atom. The Balaban J connectivity index is 1.44. The molecule has 2 aliphatic rings. The van der Waals surface area contributed by atoms with Gasteiger partial charge in [-0.2, -0.15) is 5.10 Å². The second kappa shape index (κ2) is 5.42. The number of hydrogen-bond acceptors (Lipinski definition) is 4. The van der Waals surface area contributed by atoms with Gasteiger partial charge in [-0.05, 0) is 25.0 Å². The van der Waals surface area contributed by atoms with E-state index < -0.39 is 0 Å². The van der Waals surface area contributed by atoms with Gasteiger partial charge in [0.2, 0.25) is 5.91 Å². The van der Waals surface area contributed by atoms with Crippen molar-refractivity contribution in [3.05, 3.63) is 30.5 Å². The number of carbonyl (C=O) groups excluding carboxylic acids is 1. The zero-order valence-electron chi connectivity index (χ0n) is 13.9. The van der Waals surface area contributed by atoms with Crippen LogP contribution in [0.1, 0.15) is 12.8 Å². The van der Waals surface area contributed by atoms with Crippen LogP contribution in [-0.2, 0) is 16.6 Å². The van der Waals surface area contributed by atoms with Crippen molar-refractivity contribution in [2.75, 3.05) is 11.9 Å². The Morgan fingerprint density at radius 3 is 3.08 bits per heavy atom. The molecule has 25 heavy (non-hydrogen) atoms. The van der Waals surface area contributed by atoms with Crippen LogP contribution in [0.4, 0.5) is 5.82 Å². The highest BCUT2D eigenvalue weighted by atomic mass is 16.5. The van der Waals surface area contributed by atoms with Crippen LogP contribution in [0.25, 0.3) is 22.4 Å². The number of imidazole rings is 1. The summed E-state index contributed by atoms with van der Waals surface area (Å²) >= 11 is 0. The van der Waals surface area contributed by atoms with Crippen LogP contribution in [0.2, 0.25) is 0 Å². The lowest BCUT2D eigenvalue weighted by Crippen LogP contribution is -2.19. The molecule has 7 heteroatoms. The Morgan fingerprint density at radius 1 is 1.40 bits per heavy atom. The zero-order chi connectivity index (χ0) is 17.0. The number of nitrogens with one attached hydrogen (secondary N) is 2.